The van der Waals surface area contributed by atoms with Crippen molar-refractivity contribution >= 4 is 17.7 Å². The lowest BCUT2D eigenvalue weighted by Crippen LogP contribution is -2.39. The van der Waals surface area contributed by atoms with Crippen LogP contribution in [-0.2, 0) is 0 Å². The number of benzene rings is 1. The first-order valence-electron chi connectivity index (χ1n) is 7.52. The molecule has 5 nitrogen and oxygen atoms in total. The van der Waals surface area contributed by atoms with Crippen molar-refractivity contribution < 1.29 is 9.47 Å². The van der Waals surface area contributed by atoms with Crippen LogP contribution in [0.4, 0.5) is 0 Å². The Labute approximate surface area is 137 Å². The second kappa shape index (κ2) is 11.1. The van der Waals surface area contributed by atoms with Crippen LogP contribution >= 0.6 is 11.8 Å². The number of thioether (sulfide) groups is 1. The highest BCUT2D eigenvalue weighted by atomic mass is 32.2. The molecule has 0 bridgehead atoms. The monoisotopic (exact) mass is 325 g/mol. The average molecular weight is 325 g/mol. The number of hydrogen-bond acceptors (Lipinski definition) is 4. The Hall–Kier alpha value is -1.56. The van der Waals surface area contributed by atoms with Gasteiger partial charge in [0.25, 0.3) is 0 Å². The van der Waals surface area contributed by atoms with Crippen molar-refractivity contribution in [3.8, 4) is 11.5 Å². The van der Waals surface area contributed by atoms with Crippen LogP contribution in [0.2, 0.25) is 0 Å². The molecule has 1 aromatic carbocycles. The Morgan fingerprint density at radius 2 is 2.00 bits per heavy atom. The summed E-state index contributed by atoms with van der Waals surface area (Å²) < 4.78 is 11.2. The zero-order valence-corrected chi connectivity index (χ0v) is 14.7. The fraction of sp³-hybridized carbons (Fsp3) is 0.562. The van der Waals surface area contributed by atoms with Crippen molar-refractivity contribution in [1.82, 2.24) is 10.6 Å². The molecule has 0 fully saturated rings. The molecule has 0 spiro atoms. The van der Waals surface area contributed by atoms with Crippen molar-refractivity contribution in [2.75, 3.05) is 38.8 Å². The van der Waals surface area contributed by atoms with Gasteiger partial charge in [0.15, 0.2) is 17.5 Å². The van der Waals surface area contributed by atoms with Crippen LogP contribution in [0.3, 0.4) is 0 Å². The summed E-state index contributed by atoms with van der Waals surface area (Å²) in [6, 6.07) is 7.65. The van der Waals surface area contributed by atoms with Gasteiger partial charge in [0.1, 0.15) is 6.10 Å². The van der Waals surface area contributed by atoms with Gasteiger partial charge in [-0.25, -0.2) is 4.99 Å². The van der Waals surface area contributed by atoms with E-state index in [0.717, 1.165) is 36.3 Å². The van der Waals surface area contributed by atoms with E-state index in [0.29, 0.717) is 6.54 Å². The van der Waals surface area contributed by atoms with Crippen LogP contribution in [0, 0.1) is 0 Å². The van der Waals surface area contributed by atoms with E-state index in [1.165, 1.54) is 0 Å². The van der Waals surface area contributed by atoms with E-state index in [4.69, 9.17) is 9.47 Å². The highest BCUT2D eigenvalue weighted by molar-refractivity contribution is 7.98. The lowest BCUT2D eigenvalue weighted by molar-refractivity contribution is 0.219. The van der Waals surface area contributed by atoms with Gasteiger partial charge in [-0.2, -0.15) is 11.8 Å². The van der Waals surface area contributed by atoms with Crippen molar-refractivity contribution in [2.45, 2.75) is 20.0 Å². The third-order valence-electron chi connectivity index (χ3n) is 2.85. The lowest BCUT2D eigenvalue weighted by Gasteiger charge is -2.16. The molecule has 0 aromatic heterocycles. The van der Waals surface area contributed by atoms with Crippen LogP contribution in [0.15, 0.2) is 29.3 Å². The summed E-state index contributed by atoms with van der Waals surface area (Å²) in [5.41, 5.74) is 0. The predicted molar refractivity (Wildman–Crippen MR) is 95.4 cm³/mol. The number of hydrogen-bond donors (Lipinski definition) is 2. The van der Waals surface area contributed by atoms with Crippen LogP contribution in [0.25, 0.3) is 0 Å². The highest BCUT2D eigenvalue weighted by Gasteiger charge is 2.08. The molecule has 1 unspecified atom stereocenters. The Kier molecular flexibility index (Phi) is 9.30. The number of aliphatic imine (C=N–C) groups is 1. The number of rotatable bonds is 9. The van der Waals surface area contributed by atoms with Gasteiger partial charge in [0.05, 0.1) is 13.7 Å². The molecular weight excluding hydrogens is 298 g/mol. The third kappa shape index (κ3) is 6.93. The maximum Gasteiger partial charge on any atom is 0.191 e. The second-order valence-corrected chi connectivity index (χ2v) is 5.70. The third-order valence-corrected chi connectivity index (χ3v) is 3.46. The molecule has 0 aliphatic rings. The fourth-order valence-corrected chi connectivity index (χ4v) is 2.11. The number of ether oxygens (including phenoxy) is 2. The fourth-order valence-electron chi connectivity index (χ4n) is 1.80. The number of nitrogens with one attached hydrogen (secondary N) is 2. The van der Waals surface area contributed by atoms with Gasteiger partial charge >= 0.3 is 0 Å². The van der Waals surface area contributed by atoms with Gasteiger partial charge in [-0.05, 0) is 32.2 Å². The molecule has 0 aliphatic heterocycles. The smallest absolute Gasteiger partial charge is 0.191 e. The Bertz CT molecular complexity index is 455. The van der Waals surface area contributed by atoms with Crippen molar-refractivity contribution in [3.05, 3.63) is 24.3 Å². The van der Waals surface area contributed by atoms with Crippen molar-refractivity contribution in [1.29, 1.82) is 0 Å². The molecule has 0 aliphatic carbocycles. The largest absolute Gasteiger partial charge is 0.493 e. The molecule has 0 amide bonds. The molecule has 0 saturated carbocycles. The van der Waals surface area contributed by atoms with E-state index in [1.54, 1.807) is 7.11 Å². The average Bonchev–Trinajstić information content (AvgIpc) is 2.53. The molecule has 0 heterocycles. The van der Waals surface area contributed by atoms with Crippen LogP contribution in [0.1, 0.15) is 13.8 Å². The van der Waals surface area contributed by atoms with Gasteiger partial charge in [-0.15, -0.1) is 0 Å². The minimum Gasteiger partial charge on any atom is -0.493 e. The van der Waals surface area contributed by atoms with E-state index in [2.05, 4.69) is 28.8 Å². The van der Waals surface area contributed by atoms with Crippen LogP contribution in [-0.4, -0.2) is 50.8 Å². The minimum absolute atomic E-state index is 0.0349. The van der Waals surface area contributed by atoms with Gasteiger partial charge in [0, 0.05) is 18.8 Å². The topological polar surface area (TPSA) is 54.9 Å². The minimum atomic E-state index is -0.0349. The molecule has 1 aromatic rings. The summed E-state index contributed by atoms with van der Waals surface area (Å²) in [4.78, 5) is 4.56. The summed E-state index contributed by atoms with van der Waals surface area (Å²) in [7, 11) is 1.64. The van der Waals surface area contributed by atoms with E-state index in [-0.39, 0.29) is 6.10 Å². The molecule has 0 saturated heterocycles. The number of methoxy groups -OCH3 is 1. The Morgan fingerprint density at radius 3 is 2.64 bits per heavy atom. The molecule has 1 rings (SSSR count). The van der Waals surface area contributed by atoms with E-state index >= 15 is 0 Å². The van der Waals surface area contributed by atoms with E-state index < -0.39 is 0 Å². The van der Waals surface area contributed by atoms with Gasteiger partial charge in [-0.1, -0.05) is 12.1 Å². The molecule has 1 atom stereocenters. The Morgan fingerprint density at radius 1 is 1.27 bits per heavy atom. The highest BCUT2D eigenvalue weighted by Crippen LogP contribution is 2.26. The van der Waals surface area contributed by atoms with Crippen molar-refractivity contribution in [2.24, 2.45) is 4.99 Å². The van der Waals surface area contributed by atoms with Crippen molar-refractivity contribution in [3.63, 3.8) is 0 Å². The first-order valence-corrected chi connectivity index (χ1v) is 8.91. The molecular formula is C16H27N3O2S. The zero-order chi connectivity index (χ0) is 16.2. The quantitative estimate of drug-likeness (QED) is 0.415. The molecule has 6 heteroatoms. The van der Waals surface area contributed by atoms with Crippen LogP contribution < -0.4 is 20.1 Å². The Balaban J connectivity index is 2.53. The predicted octanol–water partition coefficient (Wildman–Crippen LogP) is 2.38. The van der Waals surface area contributed by atoms with E-state index in [9.17, 15) is 0 Å². The summed E-state index contributed by atoms with van der Waals surface area (Å²) in [6.07, 6.45) is 2.06. The van der Waals surface area contributed by atoms with E-state index in [1.807, 2.05) is 43.0 Å². The zero-order valence-electron chi connectivity index (χ0n) is 13.9. The second-order valence-electron chi connectivity index (χ2n) is 4.72. The first kappa shape index (κ1) is 18.5. The van der Waals surface area contributed by atoms with Gasteiger partial charge in [-0.3, -0.25) is 0 Å². The lowest BCUT2D eigenvalue weighted by atomic mass is 10.3. The first-order chi connectivity index (χ1) is 10.7. The molecule has 2 N–H and O–H groups in total. The summed E-state index contributed by atoms with van der Waals surface area (Å²) in [5.74, 6) is 3.36. The number of nitrogens with zero attached hydrogens (tertiary/aromatic N) is 1. The number of para-hydroxylation sites is 2. The SMILES string of the molecule is CCNC(=NCC(C)Oc1ccccc1OC)NCCSC. The molecule has 22 heavy (non-hydrogen) atoms. The van der Waals surface area contributed by atoms with Gasteiger partial charge < -0.3 is 20.1 Å². The molecule has 124 valence electrons. The summed E-state index contributed by atoms with van der Waals surface area (Å²) in [6.45, 7) is 6.37. The van der Waals surface area contributed by atoms with Gasteiger partial charge in [0.2, 0.25) is 0 Å². The normalized spacial score (nSPS) is 12.6. The maximum atomic E-state index is 5.90. The number of guanidine groups is 1. The van der Waals surface area contributed by atoms with Crippen LogP contribution in [0.5, 0.6) is 11.5 Å². The summed E-state index contributed by atoms with van der Waals surface area (Å²) >= 11 is 1.81. The maximum absolute atomic E-state index is 5.90. The molecule has 0 radical (unpaired) electrons. The standard InChI is InChI=1S/C16H27N3O2S/c1-5-17-16(18-10-11-22-4)19-12-13(2)21-15-9-7-6-8-14(15)20-3/h6-9,13H,5,10-12H2,1-4H3,(H2,17,18,19). The summed E-state index contributed by atoms with van der Waals surface area (Å²) in [5, 5.41) is 6.53.